The summed E-state index contributed by atoms with van der Waals surface area (Å²) in [5.74, 6) is 0. The summed E-state index contributed by atoms with van der Waals surface area (Å²) in [7, 11) is 0. The van der Waals surface area contributed by atoms with E-state index in [4.69, 9.17) is 0 Å². The van der Waals surface area contributed by atoms with E-state index in [2.05, 4.69) is 48.6 Å². The molecule has 0 heterocycles. The summed E-state index contributed by atoms with van der Waals surface area (Å²) in [5, 5.41) is 0. The van der Waals surface area contributed by atoms with E-state index in [1.807, 2.05) is 0 Å². The molecule has 12 heavy (non-hydrogen) atoms. The minimum Gasteiger partial charge on any atom is -0.0845 e. The van der Waals surface area contributed by atoms with Crippen molar-refractivity contribution in [1.82, 2.24) is 0 Å². The fourth-order valence-corrected chi connectivity index (χ4v) is 1.10. The highest BCUT2D eigenvalue weighted by molar-refractivity contribution is 5.09. The Hall–Kier alpha value is -1.04. The molecule has 0 bridgehead atoms. The lowest BCUT2D eigenvalue weighted by atomic mass is 10.2. The lowest BCUT2D eigenvalue weighted by Crippen LogP contribution is -1.69. The average Bonchev–Trinajstić information content (AvgIpc) is 2.05. The third-order valence-corrected chi connectivity index (χ3v) is 1.78. The van der Waals surface area contributed by atoms with Gasteiger partial charge in [0.05, 0.1) is 0 Å². The van der Waals surface area contributed by atoms with Gasteiger partial charge in [-0.1, -0.05) is 48.6 Å². The van der Waals surface area contributed by atoms with E-state index in [-0.39, 0.29) is 0 Å². The van der Waals surface area contributed by atoms with Gasteiger partial charge in [0.15, 0.2) is 0 Å². The fraction of sp³-hybridized carbons (Fsp3) is 0.333. The van der Waals surface area contributed by atoms with Gasteiger partial charge in [-0.3, -0.25) is 0 Å². The molecule has 0 nitrogen and oxygen atoms in total. The monoisotopic (exact) mass is 160 g/mol. The smallest absolute Gasteiger partial charge is 0.0163 e. The van der Waals surface area contributed by atoms with Crippen LogP contribution in [0.25, 0.3) is 0 Å². The second kappa shape index (κ2) is 6.66. The Labute approximate surface area is 75.0 Å². The Balaban J connectivity index is 2.42. The van der Waals surface area contributed by atoms with E-state index in [0.29, 0.717) is 0 Å². The first-order chi connectivity index (χ1) is 6.00. The molecule has 0 aromatic heterocycles. The first-order valence-corrected chi connectivity index (χ1v) is 4.63. The maximum Gasteiger partial charge on any atom is -0.0163 e. The van der Waals surface area contributed by atoms with Crippen LogP contribution in [0.1, 0.15) is 25.7 Å². The first kappa shape index (κ1) is 9.05. The van der Waals surface area contributed by atoms with Gasteiger partial charge in [-0.05, 0) is 25.7 Å². The number of rotatable bonds is 0. The lowest BCUT2D eigenvalue weighted by Gasteiger charge is -1.89. The summed E-state index contributed by atoms with van der Waals surface area (Å²) < 4.78 is 0. The zero-order valence-corrected chi connectivity index (χ0v) is 7.45. The van der Waals surface area contributed by atoms with Crippen LogP contribution in [0, 0.1) is 0 Å². The fourth-order valence-electron chi connectivity index (χ4n) is 1.10. The molecule has 0 saturated heterocycles. The van der Waals surface area contributed by atoms with Gasteiger partial charge in [-0.25, -0.2) is 0 Å². The summed E-state index contributed by atoms with van der Waals surface area (Å²) in [6.07, 6.45) is 22.0. The molecule has 0 atom stereocenters. The Morgan fingerprint density at radius 3 is 1.67 bits per heavy atom. The normalized spacial score (nSPS) is 26.7. The first-order valence-electron chi connectivity index (χ1n) is 4.63. The van der Waals surface area contributed by atoms with Crippen LogP contribution in [0.4, 0.5) is 0 Å². The highest BCUT2D eigenvalue weighted by Gasteiger charge is 1.79. The average molecular weight is 160 g/mol. The van der Waals surface area contributed by atoms with E-state index < -0.39 is 0 Å². The molecule has 0 aromatic rings. The van der Waals surface area contributed by atoms with Crippen LogP contribution in [0.5, 0.6) is 0 Å². The lowest BCUT2D eigenvalue weighted by molar-refractivity contribution is 0.868. The van der Waals surface area contributed by atoms with Crippen molar-refractivity contribution in [3.05, 3.63) is 48.6 Å². The Morgan fingerprint density at radius 2 is 1.08 bits per heavy atom. The van der Waals surface area contributed by atoms with Gasteiger partial charge in [-0.15, -0.1) is 0 Å². The van der Waals surface area contributed by atoms with Gasteiger partial charge >= 0.3 is 0 Å². The van der Waals surface area contributed by atoms with Crippen LogP contribution in [-0.2, 0) is 0 Å². The molecule has 64 valence electrons. The van der Waals surface area contributed by atoms with Crippen molar-refractivity contribution in [2.45, 2.75) is 25.7 Å². The quantitative estimate of drug-likeness (QED) is 0.506. The molecule has 1 aliphatic rings. The Morgan fingerprint density at radius 1 is 0.583 bits per heavy atom. The van der Waals surface area contributed by atoms with Crippen LogP contribution >= 0.6 is 0 Å². The molecule has 0 N–H and O–H groups in total. The highest BCUT2D eigenvalue weighted by atomic mass is 13.9. The van der Waals surface area contributed by atoms with Crippen molar-refractivity contribution in [3.8, 4) is 0 Å². The van der Waals surface area contributed by atoms with Crippen molar-refractivity contribution in [2.24, 2.45) is 0 Å². The summed E-state index contributed by atoms with van der Waals surface area (Å²) in [4.78, 5) is 0. The summed E-state index contributed by atoms with van der Waals surface area (Å²) in [6.45, 7) is 0. The predicted molar refractivity (Wildman–Crippen MR) is 55.0 cm³/mol. The van der Waals surface area contributed by atoms with Crippen molar-refractivity contribution in [3.63, 3.8) is 0 Å². The van der Waals surface area contributed by atoms with Gasteiger partial charge in [0.1, 0.15) is 0 Å². The maximum atomic E-state index is 2.23. The summed E-state index contributed by atoms with van der Waals surface area (Å²) in [5.41, 5.74) is 0. The van der Waals surface area contributed by atoms with Gasteiger partial charge in [-0.2, -0.15) is 0 Å². The molecule has 0 saturated carbocycles. The molecule has 0 aliphatic heterocycles. The molecule has 0 unspecified atom stereocenters. The van der Waals surface area contributed by atoms with E-state index in [1.165, 1.54) is 19.3 Å². The molecular formula is C12H16. The van der Waals surface area contributed by atoms with E-state index in [0.717, 1.165) is 6.42 Å². The SMILES string of the molecule is C1=CCCC/C=C\C=C\C/C=C/1. The minimum absolute atomic E-state index is 1.04. The maximum absolute atomic E-state index is 2.23. The van der Waals surface area contributed by atoms with Crippen molar-refractivity contribution >= 4 is 0 Å². The molecular weight excluding hydrogens is 144 g/mol. The molecule has 0 spiro atoms. The molecule has 0 fully saturated rings. The molecule has 0 radical (unpaired) electrons. The topological polar surface area (TPSA) is 0 Å². The van der Waals surface area contributed by atoms with Crippen LogP contribution in [-0.4, -0.2) is 0 Å². The summed E-state index contributed by atoms with van der Waals surface area (Å²) in [6, 6.07) is 0. The highest BCUT2D eigenvalue weighted by Crippen LogP contribution is 2.00. The molecule has 1 rings (SSSR count). The van der Waals surface area contributed by atoms with Gasteiger partial charge in [0.25, 0.3) is 0 Å². The van der Waals surface area contributed by atoms with Crippen LogP contribution in [0.2, 0.25) is 0 Å². The van der Waals surface area contributed by atoms with Crippen LogP contribution in [0.3, 0.4) is 0 Å². The van der Waals surface area contributed by atoms with Crippen LogP contribution < -0.4 is 0 Å². The molecule has 0 aromatic carbocycles. The van der Waals surface area contributed by atoms with E-state index in [1.54, 1.807) is 0 Å². The van der Waals surface area contributed by atoms with E-state index in [9.17, 15) is 0 Å². The summed E-state index contributed by atoms with van der Waals surface area (Å²) >= 11 is 0. The second-order valence-corrected chi connectivity index (χ2v) is 2.88. The van der Waals surface area contributed by atoms with Crippen molar-refractivity contribution < 1.29 is 0 Å². The molecule has 0 amide bonds. The third kappa shape index (κ3) is 4.73. The van der Waals surface area contributed by atoms with Crippen LogP contribution in [0.15, 0.2) is 48.6 Å². The molecule has 0 heteroatoms. The second-order valence-electron chi connectivity index (χ2n) is 2.88. The number of hydrogen-bond acceptors (Lipinski definition) is 0. The Kier molecular flexibility index (Phi) is 5.02. The zero-order valence-electron chi connectivity index (χ0n) is 7.45. The van der Waals surface area contributed by atoms with E-state index >= 15 is 0 Å². The van der Waals surface area contributed by atoms with Gasteiger partial charge in [0, 0.05) is 0 Å². The third-order valence-electron chi connectivity index (χ3n) is 1.78. The van der Waals surface area contributed by atoms with Crippen molar-refractivity contribution in [2.75, 3.05) is 0 Å². The largest absolute Gasteiger partial charge is 0.0845 e. The number of hydrogen-bond donors (Lipinski definition) is 0. The number of allylic oxidation sites excluding steroid dienone is 8. The zero-order chi connectivity index (χ0) is 8.49. The minimum atomic E-state index is 1.04. The van der Waals surface area contributed by atoms with Crippen molar-refractivity contribution in [1.29, 1.82) is 0 Å². The van der Waals surface area contributed by atoms with Gasteiger partial charge in [0.2, 0.25) is 0 Å². The molecule has 1 aliphatic carbocycles. The standard InChI is InChI=1S/C12H16/c1-2-4-6-8-10-12-11-9-7-5-3-1/h1-4,7,9,11-12H,5-6,8,10H2/b3-1+,4-2-,9-7+,12-11?. The predicted octanol–water partition coefficient (Wildman–Crippen LogP) is 3.79. The van der Waals surface area contributed by atoms with Gasteiger partial charge < -0.3 is 0 Å². The Bertz CT molecular complexity index is 182.